The van der Waals surface area contributed by atoms with Gasteiger partial charge in [0.2, 0.25) is 5.91 Å². The number of hydrogen-bond donors (Lipinski definition) is 5. The van der Waals surface area contributed by atoms with Crippen molar-refractivity contribution in [3.05, 3.63) is 0 Å². The van der Waals surface area contributed by atoms with E-state index < -0.39 is 6.09 Å². The third-order valence-electron chi connectivity index (χ3n) is 4.92. The van der Waals surface area contributed by atoms with Gasteiger partial charge in [-0.05, 0) is 12.8 Å². The number of thioether (sulfide) groups is 1. The Morgan fingerprint density at radius 3 is 2.29 bits per heavy atom. The summed E-state index contributed by atoms with van der Waals surface area (Å²) < 4.78 is 15.9. The lowest BCUT2D eigenvalue weighted by atomic mass is 10.0. The molecule has 0 aromatic rings. The lowest BCUT2D eigenvalue weighted by Crippen LogP contribution is -2.36. The third kappa shape index (κ3) is 10.9. The number of carbonyl (C=O) groups excluding carboxylic acids is 2. The zero-order valence-corrected chi connectivity index (χ0v) is 18.5. The van der Waals surface area contributed by atoms with Gasteiger partial charge in [0.05, 0.1) is 51.7 Å². The van der Waals surface area contributed by atoms with Crippen LogP contribution in [0.2, 0.25) is 0 Å². The van der Waals surface area contributed by atoms with E-state index in [1.807, 2.05) is 11.8 Å². The highest BCUT2D eigenvalue weighted by molar-refractivity contribution is 8.00. The minimum absolute atomic E-state index is 0.0298. The lowest BCUT2D eigenvalue weighted by molar-refractivity contribution is -0.121. The first-order valence-electron chi connectivity index (χ1n) is 10.7. The molecule has 31 heavy (non-hydrogen) atoms. The van der Waals surface area contributed by atoms with Gasteiger partial charge in [0.15, 0.2) is 0 Å². The van der Waals surface area contributed by atoms with Crippen LogP contribution in [0, 0.1) is 0 Å². The molecule has 2 aliphatic rings. The zero-order valence-electron chi connectivity index (χ0n) is 17.7. The van der Waals surface area contributed by atoms with Crippen LogP contribution < -0.4 is 21.3 Å². The van der Waals surface area contributed by atoms with Crippen LogP contribution in [0.4, 0.5) is 9.59 Å². The van der Waals surface area contributed by atoms with Gasteiger partial charge in [-0.3, -0.25) is 4.79 Å². The first-order valence-corrected chi connectivity index (χ1v) is 11.8. The minimum atomic E-state index is -1.07. The molecular weight excluding hydrogens is 428 g/mol. The first kappa shape index (κ1) is 25.5. The second-order valence-electron chi connectivity index (χ2n) is 7.29. The molecule has 0 saturated carbocycles. The number of hydrogen-bond acceptors (Lipinski definition) is 7. The highest BCUT2D eigenvalue weighted by Crippen LogP contribution is 2.33. The highest BCUT2D eigenvalue weighted by atomic mass is 32.2. The molecule has 0 radical (unpaired) electrons. The van der Waals surface area contributed by atoms with Gasteiger partial charge in [-0.2, -0.15) is 11.8 Å². The molecule has 2 saturated heterocycles. The fourth-order valence-corrected chi connectivity index (χ4v) is 4.94. The smallest absolute Gasteiger partial charge is 0.404 e. The number of ether oxygens (including phenoxy) is 3. The van der Waals surface area contributed by atoms with Crippen LogP contribution in [0.3, 0.4) is 0 Å². The summed E-state index contributed by atoms with van der Waals surface area (Å²) in [6.45, 7) is 3.13. The third-order valence-corrected chi connectivity index (χ3v) is 6.42. The SMILES string of the molecule is O=C(O)NCCOCCOCCOCCNC(=O)CCCC[C@@H]1SC[C@@H]2NC(=O)N[C@@H]21. The van der Waals surface area contributed by atoms with Crippen molar-refractivity contribution in [1.29, 1.82) is 0 Å². The standard InChI is InChI=1S/C19H34N4O7S/c24-16(4-2-1-3-15-17-14(13-31-15)22-18(25)23-17)20-5-7-28-9-11-30-12-10-29-8-6-21-19(26)27/h14-15,17,21H,1-13H2,(H,20,24)(H,26,27)(H2,22,23,25)/t14-,15-,17-/m0/s1. The molecule has 11 nitrogen and oxygen atoms in total. The van der Waals surface area contributed by atoms with Crippen molar-refractivity contribution < 1.29 is 33.7 Å². The van der Waals surface area contributed by atoms with E-state index in [4.69, 9.17) is 19.3 Å². The largest absolute Gasteiger partial charge is 0.465 e. The Hall–Kier alpha value is -1.76. The van der Waals surface area contributed by atoms with E-state index in [1.54, 1.807) is 0 Å². The van der Waals surface area contributed by atoms with Crippen molar-refractivity contribution in [2.24, 2.45) is 0 Å². The van der Waals surface area contributed by atoms with Gasteiger partial charge < -0.3 is 40.6 Å². The Kier molecular flexibility index (Phi) is 12.4. The van der Waals surface area contributed by atoms with E-state index in [0.717, 1.165) is 25.0 Å². The maximum atomic E-state index is 11.9. The first-order chi connectivity index (χ1) is 15.1. The number of carbonyl (C=O) groups is 3. The Labute approximate surface area is 186 Å². The van der Waals surface area contributed by atoms with Crippen LogP contribution in [0.25, 0.3) is 0 Å². The molecule has 2 fully saturated rings. The van der Waals surface area contributed by atoms with Gasteiger partial charge in [0.25, 0.3) is 0 Å². The molecule has 2 heterocycles. The Morgan fingerprint density at radius 1 is 0.968 bits per heavy atom. The number of unbranched alkanes of at least 4 members (excludes halogenated alkanes) is 1. The summed E-state index contributed by atoms with van der Waals surface area (Å²) in [4.78, 5) is 33.5. The molecule has 0 spiro atoms. The maximum absolute atomic E-state index is 11.9. The van der Waals surface area contributed by atoms with E-state index >= 15 is 0 Å². The summed E-state index contributed by atoms with van der Waals surface area (Å²) in [6.07, 6.45) is 2.25. The zero-order chi connectivity index (χ0) is 22.3. The van der Waals surface area contributed by atoms with E-state index in [1.165, 1.54) is 0 Å². The van der Waals surface area contributed by atoms with Crippen molar-refractivity contribution in [2.45, 2.75) is 43.0 Å². The fourth-order valence-electron chi connectivity index (χ4n) is 3.40. The molecule has 4 amide bonds. The van der Waals surface area contributed by atoms with E-state index in [-0.39, 0.29) is 30.6 Å². The second kappa shape index (κ2) is 15.1. The predicted octanol–water partition coefficient (Wildman–Crippen LogP) is 0.146. The van der Waals surface area contributed by atoms with Crippen molar-refractivity contribution in [3.63, 3.8) is 0 Å². The van der Waals surface area contributed by atoms with Crippen molar-refractivity contribution >= 4 is 29.8 Å². The van der Waals surface area contributed by atoms with E-state index in [0.29, 0.717) is 57.9 Å². The molecule has 2 aliphatic heterocycles. The topological polar surface area (TPSA) is 147 Å². The number of fused-ring (bicyclic) bond motifs is 1. The molecule has 5 N–H and O–H groups in total. The van der Waals surface area contributed by atoms with Crippen LogP contribution >= 0.6 is 11.8 Å². The summed E-state index contributed by atoms with van der Waals surface area (Å²) in [7, 11) is 0. The lowest BCUT2D eigenvalue weighted by Gasteiger charge is -2.16. The van der Waals surface area contributed by atoms with Crippen LogP contribution in [0.1, 0.15) is 25.7 Å². The predicted molar refractivity (Wildman–Crippen MR) is 115 cm³/mol. The number of rotatable bonds is 17. The van der Waals surface area contributed by atoms with E-state index in [9.17, 15) is 14.4 Å². The molecule has 0 bridgehead atoms. The summed E-state index contributed by atoms with van der Waals surface area (Å²) in [5, 5.41) is 19.8. The molecule has 0 aromatic heterocycles. The number of carboxylic acid groups (broad SMARTS) is 1. The molecule has 3 atom stereocenters. The van der Waals surface area contributed by atoms with Gasteiger partial charge in [0.1, 0.15) is 0 Å². The van der Waals surface area contributed by atoms with Crippen molar-refractivity contribution in [2.75, 3.05) is 58.5 Å². The van der Waals surface area contributed by atoms with Gasteiger partial charge in [0, 0.05) is 30.5 Å². The second-order valence-corrected chi connectivity index (χ2v) is 8.56. The molecule has 0 aromatic carbocycles. The Morgan fingerprint density at radius 2 is 1.61 bits per heavy atom. The summed E-state index contributed by atoms with van der Waals surface area (Å²) in [5.41, 5.74) is 0. The molecule has 178 valence electrons. The van der Waals surface area contributed by atoms with Gasteiger partial charge in [-0.1, -0.05) is 6.42 Å². The van der Waals surface area contributed by atoms with Gasteiger partial charge in [-0.15, -0.1) is 0 Å². The average molecular weight is 463 g/mol. The number of urea groups is 1. The quantitative estimate of drug-likeness (QED) is 0.152. The summed E-state index contributed by atoms with van der Waals surface area (Å²) >= 11 is 1.89. The summed E-state index contributed by atoms with van der Waals surface area (Å²) in [5.74, 6) is 0.988. The van der Waals surface area contributed by atoms with Crippen LogP contribution in [-0.4, -0.2) is 99.0 Å². The highest BCUT2D eigenvalue weighted by Gasteiger charge is 2.42. The van der Waals surface area contributed by atoms with Crippen LogP contribution in [0.15, 0.2) is 0 Å². The summed E-state index contributed by atoms with van der Waals surface area (Å²) in [6, 6.07) is 0.406. The average Bonchev–Trinajstić information content (AvgIpc) is 3.28. The van der Waals surface area contributed by atoms with Crippen LogP contribution in [0.5, 0.6) is 0 Å². The van der Waals surface area contributed by atoms with Gasteiger partial charge in [-0.25, -0.2) is 9.59 Å². The molecule has 0 aliphatic carbocycles. The monoisotopic (exact) mass is 462 g/mol. The number of amides is 4. The molecule has 2 rings (SSSR count). The number of nitrogens with one attached hydrogen (secondary N) is 4. The van der Waals surface area contributed by atoms with Crippen molar-refractivity contribution in [1.82, 2.24) is 21.3 Å². The molecule has 0 unspecified atom stereocenters. The Bertz CT molecular complexity index is 569. The molecule has 12 heteroatoms. The van der Waals surface area contributed by atoms with Gasteiger partial charge >= 0.3 is 12.1 Å². The van der Waals surface area contributed by atoms with Crippen molar-refractivity contribution in [3.8, 4) is 0 Å². The fraction of sp³-hybridized carbons (Fsp3) is 0.842. The maximum Gasteiger partial charge on any atom is 0.404 e. The normalized spacial score (nSPS) is 21.9. The minimum Gasteiger partial charge on any atom is -0.465 e. The van der Waals surface area contributed by atoms with E-state index in [2.05, 4.69) is 21.3 Å². The molecular formula is C19H34N4O7S. The Balaban J connectivity index is 1.31. The van der Waals surface area contributed by atoms with Crippen LogP contribution in [-0.2, 0) is 19.0 Å².